The number of nitrogens with zero attached hydrogens (tertiary/aromatic N) is 1. The molecule has 0 spiro atoms. The van der Waals surface area contributed by atoms with Crippen molar-refractivity contribution in [3.05, 3.63) is 35.9 Å². The number of imide groups is 1. The van der Waals surface area contributed by atoms with Gasteiger partial charge in [0.1, 0.15) is 0 Å². The predicted molar refractivity (Wildman–Crippen MR) is 64.1 cm³/mol. The molecular formula is C13H17NO3. The smallest absolute Gasteiger partial charge is 0.226 e. The summed E-state index contributed by atoms with van der Waals surface area (Å²) in [5.41, 5.74) is 0.688. The van der Waals surface area contributed by atoms with Gasteiger partial charge in [0.15, 0.2) is 0 Å². The zero-order chi connectivity index (χ0) is 13.0. The highest BCUT2D eigenvalue weighted by Gasteiger charge is 2.27. The van der Waals surface area contributed by atoms with Crippen LogP contribution in [0.2, 0.25) is 0 Å². The Morgan fingerprint density at radius 3 is 2.00 bits per heavy atom. The first-order valence-electron chi connectivity index (χ1n) is 5.48. The molecule has 0 saturated heterocycles. The molecule has 0 aliphatic rings. The van der Waals surface area contributed by atoms with Crippen molar-refractivity contribution in [1.82, 2.24) is 4.90 Å². The summed E-state index contributed by atoms with van der Waals surface area (Å²) in [6.07, 6.45) is -0.871. The van der Waals surface area contributed by atoms with Gasteiger partial charge >= 0.3 is 0 Å². The lowest BCUT2D eigenvalue weighted by Crippen LogP contribution is -2.43. The van der Waals surface area contributed by atoms with E-state index in [2.05, 4.69) is 0 Å². The minimum Gasteiger partial charge on any atom is -0.386 e. The number of carbonyl (C=O) groups is 2. The van der Waals surface area contributed by atoms with E-state index in [1.807, 2.05) is 6.07 Å². The number of benzene rings is 1. The Morgan fingerprint density at radius 1 is 1.12 bits per heavy atom. The zero-order valence-electron chi connectivity index (χ0n) is 10.3. The fourth-order valence-electron chi connectivity index (χ4n) is 1.87. The van der Waals surface area contributed by atoms with E-state index in [1.165, 1.54) is 13.8 Å². The third kappa shape index (κ3) is 3.14. The Bertz CT molecular complexity index is 388. The first kappa shape index (κ1) is 13.4. The Labute approximate surface area is 101 Å². The molecule has 2 atom stereocenters. The average Bonchev–Trinajstić information content (AvgIpc) is 2.28. The van der Waals surface area contributed by atoms with Gasteiger partial charge in [-0.15, -0.1) is 0 Å². The van der Waals surface area contributed by atoms with Crippen LogP contribution in [0.3, 0.4) is 0 Å². The number of carbonyl (C=O) groups excluding carboxylic acids is 2. The van der Waals surface area contributed by atoms with Gasteiger partial charge in [-0.25, -0.2) is 0 Å². The van der Waals surface area contributed by atoms with Crippen molar-refractivity contribution in [3.63, 3.8) is 0 Å². The van der Waals surface area contributed by atoms with Crippen molar-refractivity contribution in [1.29, 1.82) is 0 Å². The summed E-state index contributed by atoms with van der Waals surface area (Å²) >= 11 is 0. The van der Waals surface area contributed by atoms with Gasteiger partial charge in [-0.1, -0.05) is 30.3 Å². The van der Waals surface area contributed by atoms with E-state index in [0.717, 1.165) is 4.90 Å². The third-order valence-electron chi connectivity index (χ3n) is 2.68. The van der Waals surface area contributed by atoms with Crippen LogP contribution in [-0.4, -0.2) is 27.9 Å². The number of rotatable bonds is 3. The molecule has 92 valence electrons. The van der Waals surface area contributed by atoms with Crippen molar-refractivity contribution in [3.8, 4) is 0 Å². The molecule has 0 saturated carbocycles. The number of amides is 2. The topological polar surface area (TPSA) is 57.6 Å². The van der Waals surface area contributed by atoms with Crippen LogP contribution in [0.5, 0.6) is 0 Å². The fourth-order valence-corrected chi connectivity index (χ4v) is 1.87. The second-order valence-electron chi connectivity index (χ2n) is 4.00. The molecule has 0 radical (unpaired) electrons. The van der Waals surface area contributed by atoms with Crippen LogP contribution in [0.1, 0.15) is 32.4 Å². The summed E-state index contributed by atoms with van der Waals surface area (Å²) in [7, 11) is 0. The number of aliphatic hydroxyl groups excluding tert-OH is 1. The molecule has 0 aliphatic heterocycles. The van der Waals surface area contributed by atoms with E-state index in [1.54, 1.807) is 31.2 Å². The lowest BCUT2D eigenvalue weighted by Gasteiger charge is -2.29. The summed E-state index contributed by atoms with van der Waals surface area (Å²) < 4.78 is 0. The molecular weight excluding hydrogens is 218 g/mol. The molecule has 17 heavy (non-hydrogen) atoms. The summed E-state index contributed by atoms with van der Waals surface area (Å²) in [5.74, 6) is -0.722. The summed E-state index contributed by atoms with van der Waals surface area (Å²) in [5, 5.41) is 10.1. The van der Waals surface area contributed by atoms with Gasteiger partial charge in [0.2, 0.25) is 11.8 Å². The van der Waals surface area contributed by atoms with Gasteiger partial charge < -0.3 is 5.11 Å². The highest BCUT2D eigenvalue weighted by Crippen LogP contribution is 2.20. The highest BCUT2D eigenvalue weighted by atomic mass is 16.3. The number of aliphatic hydroxyl groups is 1. The molecule has 4 heteroatoms. The Hall–Kier alpha value is -1.68. The second kappa shape index (κ2) is 5.59. The standard InChI is InChI=1S/C13H17NO3/c1-9(14(10(2)15)11(3)16)13(17)12-7-5-4-6-8-12/h4-9,13,17H,1-3H3. The maximum atomic E-state index is 11.4. The van der Waals surface area contributed by atoms with Crippen molar-refractivity contribution >= 4 is 11.8 Å². The van der Waals surface area contributed by atoms with Crippen molar-refractivity contribution in [2.24, 2.45) is 0 Å². The van der Waals surface area contributed by atoms with E-state index in [-0.39, 0.29) is 11.8 Å². The molecule has 2 unspecified atom stereocenters. The van der Waals surface area contributed by atoms with Crippen LogP contribution in [0.15, 0.2) is 30.3 Å². The molecule has 2 amide bonds. The predicted octanol–water partition coefficient (Wildman–Crippen LogP) is 1.50. The molecule has 0 heterocycles. The monoisotopic (exact) mass is 235 g/mol. The van der Waals surface area contributed by atoms with Crippen LogP contribution < -0.4 is 0 Å². The molecule has 1 aromatic rings. The highest BCUT2D eigenvalue weighted by molar-refractivity contribution is 5.93. The lowest BCUT2D eigenvalue weighted by atomic mass is 10.0. The maximum absolute atomic E-state index is 11.4. The molecule has 0 bridgehead atoms. The first-order valence-corrected chi connectivity index (χ1v) is 5.48. The minimum absolute atomic E-state index is 0.361. The molecule has 1 N–H and O–H groups in total. The molecule has 1 aromatic carbocycles. The second-order valence-corrected chi connectivity index (χ2v) is 4.00. The van der Waals surface area contributed by atoms with Crippen LogP contribution in [0.25, 0.3) is 0 Å². The van der Waals surface area contributed by atoms with Crippen molar-refractivity contribution in [2.75, 3.05) is 0 Å². The van der Waals surface area contributed by atoms with E-state index in [4.69, 9.17) is 0 Å². The first-order chi connectivity index (χ1) is 7.95. The van der Waals surface area contributed by atoms with E-state index < -0.39 is 12.1 Å². The average molecular weight is 235 g/mol. The zero-order valence-corrected chi connectivity index (χ0v) is 10.3. The van der Waals surface area contributed by atoms with Gasteiger partial charge in [-0.3, -0.25) is 14.5 Å². The normalized spacial score (nSPS) is 13.9. The summed E-state index contributed by atoms with van der Waals surface area (Å²) in [4.78, 5) is 23.8. The quantitative estimate of drug-likeness (QED) is 0.863. The van der Waals surface area contributed by atoms with Crippen LogP contribution in [0.4, 0.5) is 0 Å². The van der Waals surface area contributed by atoms with E-state index in [9.17, 15) is 14.7 Å². The molecule has 4 nitrogen and oxygen atoms in total. The summed E-state index contributed by atoms with van der Waals surface area (Å²) in [6.45, 7) is 4.28. The van der Waals surface area contributed by atoms with Crippen molar-refractivity contribution < 1.29 is 14.7 Å². The Morgan fingerprint density at radius 2 is 1.59 bits per heavy atom. The van der Waals surface area contributed by atoms with Crippen LogP contribution >= 0.6 is 0 Å². The van der Waals surface area contributed by atoms with Gasteiger partial charge in [-0.2, -0.15) is 0 Å². The molecule has 0 aromatic heterocycles. The van der Waals surface area contributed by atoms with Gasteiger partial charge in [0.05, 0.1) is 12.1 Å². The van der Waals surface area contributed by atoms with Gasteiger partial charge in [0, 0.05) is 13.8 Å². The van der Waals surface area contributed by atoms with Crippen LogP contribution in [0, 0.1) is 0 Å². The van der Waals surface area contributed by atoms with Gasteiger partial charge in [-0.05, 0) is 12.5 Å². The number of hydrogen-bond acceptors (Lipinski definition) is 3. The van der Waals surface area contributed by atoms with E-state index >= 15 is 0 Å². The molecule has 1 rings (SSSR count). The Balaban J connectivity index is 2.92. The molecule has 0 fully saturated rings. The minimum atomic E-state index is -0.871. The lowest BCUT2D eigenvalue weighted by molar-refractivity contribution is -0.147. The third-order valence-corrected chi connectivity index (χ3v) is 2.68. The van der Waals surface area contributed by atoms with Gasteiger partial charge in [0.25, 0.3) is 0 Å². The van der Waals surface area contributed by atoms with Crippen molar-refractivity contribution in [2.45, 2.75) is 32.9 Å². The fraction of sp³-hybridized carbons (Fsp3) is 0.385. The largest absolute Gasteiger partial charge is 0.386 e. The van der Waals surface area contributed by atoms with Crippen LogP contribution in [-0.2, 0) is 9.59 Å². The SMILES string of the molecule is CC(=O)N(C(C)=O)C(C)C(O)c1ccccc1. The molecule has 0 aliphatic carbocycles. The Kier molecular flexibility index (Phi) is 4.40. The summed E-state index contributed by atoms with van der Waals surface area (Å²) in [6, 6.07) is 8.40. The van der Waals surface area contributed by atoms with E-state index in [0.29, 0.717) is 5.56 Å². The number of hydrogen-bond donors (Lipinski definition) is 1. The maximum Gasteiger partial charge on any atom is 0.226 e.